The van der Waals surface area contributed by atoms with Crippen molar-refractivity contribution in [1.82, 2.24) is 0 Å². The van der Waals surface area contributed by atoms with Gasteiger partial charge in [0.05, 0.1) is 23.4 Å². The lowest BCUT2D eigenvalue weighted by Crippen LogP contribution is -2.13. The molecule has 0 bridgehead atoms. The Morgan fingerprint density at radius 3 is 2.52 bits per heavy atom. The predicted molar refractivity (Wildman–Crippen MR) is 114 cm³/mol. The Bertz CT molecular complexity index is 1200. The zero-order valence-corrected chi connectivity index (χ0v) is 16.4. The molecule has 0 aliphatic carbocycles. The molecule has 0 radical (unpaired) electrons. The largest absolute Gasteiger partial charge is 0.496 e. The zero-order chi connectivity index (χ0) is 20.4. The Hall–Kier alpha value is -3.28. The number of halogens is 1. The first-order chi connectivity index (χ1) is 14.1. The van der Waals surface area contributed by atoms with E-state index in [1.54, 1.807) is 36.4 Å². The normalized spacial score (nSPS) is 10.9. The molecule has 146 valence electrons. The fourth-order valence-corrected chi connectivity index (χ4v) is 3.31. The molecular formula is C23H18ClNO4. The van der Waals surface area contributed by atoms with Gasteiger partial charge in [0, 0.05) is 5.56 Å². The molecule has 2 N–H and O–H groups in total. The van der Waals surface area contributed by atoms with E-state index in [-0.39, 0.29) is 12.5 Å². The molecule has 1 amide bonds. The summed E-state index contributed by atoms with van der Waals surface area (Å²) in [6, 6.07) is 20.0. The van der Waals surface area contributed by atoms with Crippen molar-refractivity contribution < 1.29 is 19.1 Å². The number of carbonyl (C=O) groups is 1. The number of rotatable bonds is 5. The van der Waals surface area contributed by atoms with Crippen LogP contribution < -0.4 is 10.1 Å². The van der Waals surface area contributed by atoms with E-state index in [2.05, 4.69) is 5.32 Å². The van der Waals surface area contributed by atoms with Crippen LogP contribution in [0.1, 0.15) is 16.1 Å². The number of aliphatic hydroxyl groups excluding tert-OH is 1. The number of anilines is 1. The Labute approximate surface area is 172 Å². The maximum Gasteiger partial charge on any atom is 0.259 e. The summed E-state index contributed by atoms with van der Waals surface area (Å²) in [5, 5.41) is 14.4. The maximum atomic E-state index is 13.0. The molecule has 6 heteroatoms. The summed E-state index contributed by atoms with van der Waals surface area (Å²) in [5.74, 6) is 1.18. The highest BCUT2D eigenvalue weighted by molar-refractivity contribution is 6.34. The Morgan fingerprint density at radius 2 is 1.83 bits per heavy atom. The zero-order valence-electron chi connectivity index (χ0n) is 15.6. The number of amides is 1. The Balaban J connectivity index is 1.68. The van der Waals surface area contributed by atoms with Crippen LogP contribution in [-0.4, -0.2) is 18.1 Å². The standard InChI is InChI=1S/C23H18ClNO4/c1-28-22-12-15-5-3-2-4-14(15)10-18(22)23(27)25-20-11-16(6-8-19(20)24)21-9-7-17(13-26)29-21/h2-12,26H,13H2,1H3,(H,25,27). The summed E-state index contributed by atoms with van der Waals surface area (Å²) >= 11 is 6.30. The van der Waals surface area contributed by atoms with E-state index >= 15 is 0 Å². The second-order valence-electron chi connectivity index (χ2n) is 6.47. The van der Waals surface area contributed by atoms with E-state index < -0.39 is 0 Å². The number of hydrogen-bond acceptors (Lipinski definition) is 4. The first kappa shape index (κ1) is 19.1. The molecule has 0 saturated heterocycles. The summed E-state index contributed by atoms with van der Waals surface area (Å²) in [6.07, 6.45) is 0. The Morgan fingerprint density at radius 1 is 1.07 bits per heavy atom. The van der Waals surface area contributed by atoms with Gasteiger partial charge in [-0.3, -0.25) is 4.79 Å². The topological polar surface area (TPSA) is 71.7 Å². The van der Waals surface area contributed by atoms with Gasteiger partial charge in [-0.15, -0.1) is 0 Å². The first-order valence-electron chi connectivity index (χ1n) is 8.96. The second kappa shape index (κ2) is 7.99. The lowest BCUT2D eigenvalue weighted by atomic mass is 10.0. The van der Waals surface area contributed by atoms with Gasteiger partial charge in [-0.25, -0.2) is 0 Å². The molecule has 0 aliphatic heterocycles. The van der Waals surface area contributed by atoms with Crippen LogP contribution >= 0.6 is 11.6 Å². The molecule has 29 heavy (non-hydrogen) atoms. The monoisotopic (exact) mass is 407 g/mol. The van der Waals surface area contributed by atoms with Gasteiger partial charge in [-0.1, -0.05) is 35.9 Å². The highest BCUT2D eigenvalue weighted by Gasteiger charge is 2.16. The van der Waals surface area contributed by atoms with Crippen molar-refractivity contribution in [3.8, 4) is 17.1 Å². The molecule has 0 fully saturated rings. The molecule has 0 aliphatic rings. The molecule has 1 heterocycles. The lowest BCUT2D eigenvalue weighted by molar-refractivity contribution is 0.102. The average Bonchev–Trinajstić information content (AvgIpc) is 3.23. The maximum absolute atomic E-state index is 13.0. The van der Waals surface area contributed by atoms with Crippen molar-refractivity contribution >= 4 is 34.0 Å². The van der Waals surface area contributed by atoms with Gasteiger partial charge in [0.15, 0.2) is 0 Å². The van der Waals surface area contributed by atoms with Crippen LogP contribution in [0.4, 0.5) is 5.69 Å². The third-order valence-electron chi connectivity index (χ3n) is 4.63. The fraction of sp³-hybridized carbons (Fsp3) is 0.0870. The van der Waals surface area contributed by atoms with Crippen LogP contribution in [0.3, 0.4) is 0 Å². The van der Waals surface area contributed by atoms with Gasteiger partial charge < -0.3 is 19.6 Å². The molecule has 1 aromatic heterocycles. The second-order valence-corrected chi connectivity index (χ2v) is 6.88. The number of aliphatic hydroxyl groups is 1. The van der Waals surface area contributed by atoms with Crippen molar-refractivity contribution in [3.63, 3.8) is 0 Å². The highest BCUT2D eigenvalue weighted by Crippen LogP contribution is 2.32. The van der Waals surface area contributed by atoms with Gasteiger partial charge in [0.2, 0.25) is 0 Å². The van der Waals surface area contributed by atoms with E-state index in [1.165, 1.54) is 7.11 Å². The van der Waals surface area contributed by atoms with Crippen LogP contribution in [0.15, 0.2) is 71.1 Å². The summed E-state index contributed by atoms with van der Waals surface area (Å²) in [4.78, 5) is 13.0. The predicted octanol–water partition coefficient (Wildman–Crippen LogP) is 5.51. The van der Waals surface area contributed by atoms with Crippen molar-refractivity contribution in [1.29, 1.82) is 0 Å². The Kier molecular flexibility index (Phi) is 5.25. The first-order valence-corrected chi connectivity index (χ1v) is 9.34. The molecule has 0 unspecified atom stereocenters. The molecule has 0 saturated carbocycles. The van der Waals surface area contributed by atoms with Crippen molar-refractivity contribution in [3.05, 3.63) is 83.1 Å². The van der Waals surface area contributed by atoms with Gasteiger partial charge in [0.1, 0.15) is 23.9 Å². The molecule has 0 atom stereocenters. The fourth-order valence-electron chi connectivity index (χ4n) is 3.15. The minimum atomic E-state index is -0.331. The van der Waals surface area contributed by atoms with Crippen molar-refractivity contribution in [2.75, 3.05) is 12.4 Å². The van der Waals surface area contributed by atoms with Gasteiger partial charge in [-0.05, 0) is 53.2 Å². The van der Waals surface area contributed by atoms with Crippen molar-refractivity contribution in [2.24, 2.45) is 0 Å². The molecule has 3 aromatic carbocycles. The lowest BCUT2D eigenvalue weighted by Gasteiger charge is -2.12. The van der Waals surface area contributed by atoms with Crippen LogP contribution in [0.25, 0.3) is 22.1 Å². The SMILES string of the molecule is COc1cc2ccccc2cc1C(=O)Nc1cc(-c2ccc(CO)o2)ccc1Cl. The van der Waals surface area contributed by atoms with Gasteiger partial charge in [-0.2, -0.15) is 0 Å². The summed E-state index contributed by atoms with van der Waals surface area (Å²) < 4.78 is 11.0. The van der Waals surface area contributed by atoms with E-state index in [0.717, 1.165) is 16.3 Å². The number of nitrogens with one attached hydrogen (secondary N) is 1. The molecule has 4 rings (SSSR count). The number of furan rings is 1. The number of carbonyl (C=O) groups excluding carboxylic acids is 1. The molecule has 5 nitrogen and oxygen atoms in total. The van der Waals surface area contributed by atoms with E-state index in [9.17, 15) is 9.90 Å². The summed E-state index contributed by atoms with van der Waals surface area (Å²) in [6.45, 7) is -0.182. The highest BCUT2D eigenvalue weighted by atomic mass is 35.5. The molecular weight excluding hydrogens is 390 g/mol. The quantitative estimate of drug-likeness (QED) is 0.457. The number of benzene rings is 3. The average molecular weight is 408 g/mol. The number of ether oxygens (including phenoxy) is 1. The van der Waals surface area contributed by atoms with E-state index in [4.69, 9.17) is 20.8 Å². The smallest absolute Gasteiger partial charge is 0.259 e. The number of fused-ring (bicyclic) bond motifs is 1. The summed E-state index contributed by atoms with van der Waals surface area (Å²) in [5.41, 5.74) is 1.59. The molecule has 0 spiro atoms. The third-order valence-corrected chi connectivity index (χ3v) is 4.96. The molecule has 4 aromatic rings. The minimum absolute atomic E-state index is 0.182. The van der Waals surface area contributed by atoms with Crippen molar-refractivity contribution in [2.45, 2.75) is 6.61 Å². The summed E-state index contributed by atoms with van der Waals surface area (Å²) in [7, 11) is 1.53. The van der Waals surface area contributed by atoms with Crippen LogP contribution in [0.5, 0.6) is 5.75 Å². The van der Waals surface area contributed by atoms with E-state index in [0.29, 0.717) is 33.5 Å². The van der Waals surface area contributed by atoms with Crippen LogP contribution in [0, 0.1) is 0 Å². The van der Waals surface area contributed by atoms with Crippen LogP contribution in [-0.2, 0) is 6.61 Å². The minimum Gasteiger partial charge on any atom is -0.496 e. The third kappa shape index (κ3) is 3.83. The van der Waals surface area contributed by atoms with E-state index in [1.807, 2.05) is 30.3 Å². The van der Waals surface area contributed by atoms with Crippen LogP contribution in [0.2, 0.25) is 5.02 Å². The van der Waals surface area contributed by atoms with Gasteiger partial charge >= 0.3 is 0 Å². The van der Waals surface area contributed by atoms with Gasteiger partial charge in [0.25, 0.3) is 5.91 Å². The number of hydrogen-bond donors (Lipinski definition) is 2. The number of methoxy groups -OCH3 is 1.